The van der Waals surface area contributed by atoms with Crippen LogP contribution in [0, 0.1) is 6.92 Å². The van der Waals surface area contributed by atoms with E-state index in [1.165, 1.54) is 0 Å². The van der Waals surface area contributed by atoms with E-state index in [4.69, 9.17) is 9.15 Å². The molecule has 0 radical (unpaired) electrons. The molecule has 0 aliphatic carbocycles. The van der Waals surface area contributed by atoms with E-state index in [2.05, 4.69) is 20.5 Å². The van der Waals surface area contributed by atoms with Gasteiger partial charge in [0.15, 0.2) is 0 Å². The number of rotatable bonds is 7. The maximum atomic E-state index is 12.7. The van der Waals surface area contributed by atoms with Gasteiger partial charge in [-0.2, -0.15) is 4.98 Å². The van der Waals surface area contributed by atoms with Crippen LogP contribution in [0.2, 0.25) is 0 Å². The number of morpholine rings is 1. The highest BCUT2D eigenvalue weighted by atomic mass is 16.5. The molecule has 2 heterocycles. The smallest absolute Gasteiger partial charge is 0.348 e. The zero-order chi connectivity index (χ0) is 22.5. The highest BCUT2D eigenvalue weighted by Gasteiger charge is 2.16. The highest BCUT2D eigenvalue weighted by molar-refractivity contribution is 5.83. The van der Waals surface area contributed by atoms with Crippen LogP contribution in [-0.4, -0.2) is 48.6 Å². The zero-order valence-corrected chi connectivity index (χ0v) is 18.4. The Morgan fingerprint density at radius 2 is 1.91 bits per heavy atom. The maximum Gasteiger partial charge on any atom is 0.348 e. The molecule has 8 nitrogen and oxygen atoms in total. The van der Waals surface area contributed by atoms with Gasteiger partial charge in [-0.15, -0.1) is 0 Å². The summed E-state index contributed by atoms with van der Waals surface area (Å²) in [6.45, 7) is 7.34. The van der Waals surface area contributed by atoms with Gasteiger partial charge in [-0.25, -0.2) is 4.79 Å². The van der Waals surface area contributed by atoms with E-state index < -0.39 is 5.63 Å². The molecule has 1 saturated heterocycles. The molecule has 168 valence electrons. The lowest BCUT2D eigenvalue weighted by atomic mass is 10.0. The Morgan fingerprint density at radius 3 is 2.66 bits per heavy atom. The van der Waals surface area contributed by atoms with E-state index in [1.54, 1.807) is 6.07 Å². The Kier molecular flexibility index (Phi) is 6.82. The monoisotopic (exact) mass is 436 g/mol. The number of carbonyl (C=O) groups excluding carboxylic acids is 1. The van der Waals surface area contributed by atoms with Crippen molar-refractivity contribution < 1.29 is 13.9 Å². The van der Waals surface area contributed by atoms with E-state index in [0.29, 0.717) is 37.2 Å². The summed E-state index contributed by atoms with van der Waals surface area (Å²) < 4.78 is 10.8. The molecular formula is C24H28N4O4. The number of nitrogens with one attached hydrogen (secondary N) is 2. The Hall–Kier alpha value is -3.23. The second-order valence-corrected chi connectivity index (χ2v) is 7.99. The van der Waals surface area contributed by atoms with Crippen molar-refractivity contribution in [2.45, 2.75) is 26.4 Å². The molecule has 1 aliphatic rings. The van der Waals surface area contributed by atoms with E-state index in [-0.39, 0.29) is 18.0 Å². The number of hydrogen-bond donors (Lipinski definition) is 2. The molecule has 2 N–H and O–H groups in total. The lowest BCUT2D eigenvalue weighted by Crippen LogP contribution is -2.43. The standard InChI is InChI=1S/C24H28N4O4/c1-16-19(14-25-21(29)15-28-10-12-31-13-11-28)8-9-20-22(16)23(30)32-24(27-20)26-17(2)18-6-4-3-5-7-18/h3-9,17H,10-15H2,1-2H3,(H,25,29)(H,26,27)/t17-/m0/s1. The van der Waals surface area contributed by atoms with E-state index in [1.807, 2.05) is 50.2 Å². The van der Waals surface area contributed by atoms with Crippen molar-refractivity contribution in [3.8, 4) is 0 Å². The first-order valence-corrected chi connectivity index (χ1v) is 10.8. The number of anilines is 1. The third kappa shape index (κ3) is 5.15. The van der Waals surface area contributed by atoms with Crippen molar-refractivity contribution in [3.05, 3.63) is 69.6 Å². The second kappa shape index (κ2) is 9.93. The molecule has 0 spiro atoms. The summed E-state index contributed by atoms with van der Waals surface area (Å²) in [5.41, 5.74) is 2.80. The Bertz CT molecular complexity index is 1140. The molecule has 1 amide bonds. The molecule has 1 aliphatic heterocycles. The van der Waals surface area contributed by atoms with Gasteiger partial charge < -0.3 is 19.8 Å². The molecular weight excluding hydrogens is 408 g/mol. The SMILES string of the molecule is Cc1c(CNC(=O)CN2CCOCC2)ccc2nc(N[C@@H](C)c3ccccc3)oc(=O)c12. The maximum absolute atomic E-state index is 12.7. The van der Waals surface area contributed by atoms with Gasteiger partial charge in [-0.3, -0.25) is 9.69 Å². The average molecular weight is 437 g/mol. The lowest BCUT2D eigenvalue weighted by Gasteiger charge is -2.25. The summed E-state index contributed by atoms with van der Waals surface area (Å²) in [5, 5.41) is 6.53. The van der Waals surface area contributed by atoms with Gasteiger partial charge in [0.1, 0.15) is 0 Å². The quantitative estimate of drug-likeness (QED) is 0.588. The fourth-order valence-corrected chi connectivity index (χ4v) is 3.84. The average Bonchev–Trinajstić information content (AvgIpc) is 2.79. The topological polar surface area (TPSA) is 96.7 Å². The van der Waals surface area contributed by atoms with Crippen LogP contribution >= 0.6 is 0 Å². The van der Waals surface area contributed by atoms with Crippen LogP contribution < -0.4 is 16.3 Å². The van der Waals surface area contributed by atoms with Crippen molar-refractivity contribution in [3.63, 3.8) is 0 Å². The van der Waals surface area contributed by atoms with Crippen LogP contribution in [0.3, 0.4) is 0 Å². The molecule has 0 bridgehead atoms. The number of carbonyl (C=O) groups is 1. The number of fused-ring (bicyclic) bond motifs is 1. The van der Waals surface area contributed by atoms with E-state index in [9.17, 15) is 9.59 Å². The largest absolute Gasteiger partial charge is 0.389 e. The fraction of sp³-hybridized carbons (Fsp3) is 0.375. The lowest BCUT2D eigenvalue weighted by molar-refractivity contribution is -0.123. The van der Waals surface area contributed by atoms with Gasteiger partial charge in [-0.05, 0) is 36.6 Å². The molecule has 2 aromatic carbocycles. The van der Waals surface area contributed by atoms with Gasteiger partial charge in [0.25, 0.3) is 6.01 Å². The molecule has 0 saturated carbocycles. The van der Waals surface area contributed by atoms with Crippen molar-refractivity contribution in [1.29, 1.82) is 0 Å². The first-order valence-electron chi connectivity index (χ1n) is 10.8. The Labute approximate surface area is 186 Å². The number of aryl methyl sites for hydroxylation is 1. The van der Waals surface area contributed by atoms with Gasteiger partial charge in [0.2, 0.25) is 5.91 Å². The molecule has 4 rings (SSSR count). The first-order chi connectivity index (χ1) is 15.5. The molecule has 8 heteroatoms. The minimum absolute atomic E-state index is 0.0500. The number of ether oxygens (including phenoxy) is 1. The van der Waals surface area contributed by atoms with Crippen molar-refractivity contribution >= 4 is 22.8 Å². The predicted molar refractivity (Wildman–Crippen MR) is 123 cm³/mol. The van der Waals surface area contributed by atoms with E-state index in [0.717, 1.165) is 29.8 Å². The van der Waals surface area contributed by atoms with Crippen molar-refractivity contribution in [2.24, 2.45) is 0 Å². The number of nitrogens with zero attached hydrogens (tertiary/aromatic N) is 2. The summed E-state index contributed by atoms with van der Waals surface area (Å²) in [7, 11) is 0. The zero-order valence-electron chi connectivity index (χ0n) is 18.4. The predicted octanol–water partition coefficient (Wildman–Crippen LogP) is 2.62. The van der Waals surface area contributed by atoms with Gasteiger partial charge in [0.05, 0.1) is 36.7 Å². The third-order valence-corrected chi connectivity index (χ3v) is 5.76. The highest BCUT2D eigenvalue weighted by Crippen LogP contribution is 2.22. The minimum Gasteiger partial charge on any atom is -0.389 e. The molecule has 1 fully saturated rings. The number of benzene rings is 2. The Morgan fingerprint density at radius 1 is 1.16 bits per heavy atom. The van der Waals surface area contributed by atoms with Crippen LogP contribution in [0.5, 0.6) is 0 Å². The molecule has 3 aromatic rings. The number of aromatic nitrogens is 1. The molecule has 32 heavy (non-hydrogen) atoms. The summed E-state index contributed by atoms with van der Waals surface area (Å²) >= 11 is 0. The third-order valence-electron chi connectivity index (χ3n) is 5.76. The number of hydrogen-bond acceptors (Lipinski definition) is 7. The summed E-state index contributed by atoms with van der Waals surface area (Å²) in [5.74, 6) is -0.0500. The summed E-state index contributed by atoms with van der Waals surface area (Å²) in [6, 6.07) is 13.7. The van der Waals surface area contributed by atoms with Crippen molar-refractivity contribution in [1.82, 2.24) is 15.2 Å². The van der Waals surface area contributed by atoms with E-state index >= 15 is 0 Å². The van der Waals surface area contributed by atoms with Crippen LogP contribution in [0.4, 0.5) is 6.01 Å². The van der Waals surface area contributed by atoms with Gasteiger partial charge in [0, 0.05) is 19.6 Å². The first kappa shape index (κ1) is 22.0. The number of amides is 1. The van der Waals surface area contributed by atoms with Gasteiger partial charge >= 0.3 is 5.63 Å². The Balaban J connectivity index is 1.46. The van der Waals surface area contributed by atoms with Crippen LogP contribution in [-0.2, 0) is 16.1 Å². The van der Waals surface area contributed by atoms with Gasteiger partial charge in [-0.1, -0.05) is 36.4 Å². The second-order valence-electron chi connectivity index (χ2n) is 7.99. The minimum atomic E-state index is -0.447. The van der Waals surface area contributed by atoms with Crippen LogP contribution in [0.1, 0.15) is 29.7 Å². The normalized spacial score (nSPS) is 15.4. The summed E-state index contributed by atoms with van der Waals surface area (Å²) in [6.07, 6.45) is 0. The fourth-order valence-electron chi connectivity index (χ4n) is 3.84. The molecule has 1 atom stereocenters. The van der Waals surface area contributed by atoms with Crippen molar-refractivity contribution in [2.75, 3.05) is 38.2 Å². The van der Waals surface area contributed by atoms with Crippen LogP contribution in [0.15, 0.2) is 51.7 Å². The summed E-state index contributed by atoms with van der Waals surface area (Å²) in [4.78, 5) is 31.6. The molecule has 1 aromatic heterocycles. The molecule has 0 unspecified atom stereocenters. The van der Waals surface area contributed by atoms with Crippen LogP contribution in [0.25, 0.3) is 10.9 Å².